The van der Waals surface area contributed by atoms with Crippen LogP contribution in [0.4, 0.5) is 5.69 Å². The Hall–Kier alpha value is -1.95. The third-order valence-corrected chi connectivity index (χ3v) is 4.13. The van der Waals surface area contributed by atoms with Gasteiger partial charge in [-0.25, -0.2) is 0 Å². The summed E-state index contributed by atoms with van der Waals surface area (Å²) < 4.78 is 11.6. The number of ether oxygens (including phenoxy) is 1. The second-order valence-corrected chi connectivity index (χ2v) is 5.87. The van der Waals surface area contributed by atoms with Crippen LogP contribution in [0.3, 0.4) is 0 Å². The fraction of sp³-hybridized carbons (Fsp3) is 0.267. The molecule has 2 aromatic rings. The molecule has 1 unspecified atom stereocenters. The van der Waals surface area contributed by atoms with Crippen molar-refractivity contribution in [3.8, 4) is 5.75 Å². The van der Waals surface area contributed by atoms with Crippen molar-refractivity contribution < 1.29 is 9.15 Å². The molecule has 0 aliphatic carbocycles. The molecule has 110 valence electrons. The molecule has 0 fully saturated rings. The second-order valence-electron chi connectivity index (χ2n) is 5.09. The van der Waals surface area contributed by atoms with Crippen LogP contribution in [0.5, 0.6) is 5.75 Å². The molecule has 3 rings (SSSR count). The highest BCUT2D eigenvalue weighted by Gasteiger charge is 2.43. The van der Waals surface area contributed by atoms with E-state index in [1.807, 2.05) is 41.3 Å². The van der Waals surface area contributed by atoms with Crippen LogP contribution in [0.25, 0.3) is 0 Å². The first-order valence-electron chi connectivity index (χ1n) is 6.54. The summed E-state index contributed by atoms with van der Waals surface area (Å²) in [5, 5.41) is 0. The molecule has 2 N–H and O–H groups in total. The lowest BCUT2D eigenvalue weighted by Crippen LogP contribution is -2.47. The number of nitrogens with two attached hydrogens (primary N) is 1. The Morgan fingerprint density at radius 2 is 2.00 bits per heavy atom. The average molecular weight is 350 g/mol. The summed E-state index contributed by atoms with van der Waals surface area (Å²) in [5.74, 6) is 2.10. The number of hydrogen-bond acceptors (Lipinski definition) is 5. The van der Waals surface area contributed by atoms with Crippen molar-refractivity contribution in [2.45, 2.75) is 12.5 Å². The molecule has 6 heteroatoms. The van der Waals surface area contributed by atoms with Gasteiger partial charge in [-0.1, -0.05) is 0 Å². The van der Waals surface area contributed by atoms with Gasteiger partial charge < -0.3 is 14.9 Å². The Balaban J connectivity index is 2.02. The first kappa shape index (κ1) is 14.0. The van der Waals surface area contributed by atoms with Crippen LogP contribution in [0.15, 0.2) is 50.5 Å². The minimum atomic E-state index is -0.440. The average Bonchev–Trinajstić information content (AvgIpc) is 3.05. The quantitative estimate of drug-likeness (QED) is 0.924. The third-order valence-electron chi connectivity index (χ3n) is 3.71. The van der Waals surface area contributed by atoms with Gasteiger partial charge in [0.05, 0.1) is 13.7 Å². The lowest BCUT2D eigenvalue weighted by atomic mass is 9.97. The number of anilines is 1. The van der Waals surface area contributed by atoms with Crippen molar-refractivity contribution in [3.05, 3.63) is 46.8 Å². The maximum Gasteiger partial charge on any atom is 0.196 e. The minimum Gasteiger partial charge on any atom is -0.497 e. The second kappa shape index (κ2) is 5.11. The van der Waals surface area contributed by atoms with Crippen LogP contribution in [-0.4, -0.2) is 19.6 Å². The van der Waals surface area contributed by atoms with E-state index in [0.29, 0.717) is 17.2 Å². The molecule has 0 bridgehead atoms. The number of guanidine groups is 1. The van der Waals surface area contributed by atoms with Gasteiger partial charge in [0.2, 0.25) is 0 Å². The Morgan fingerprint density at radius 3 is 2.57 bits per heavy atom. The smallest absolute Gasteiger partial charge is 0.196 e. The van der Waals surface area contributed by atoms with Gasteiger partial charge in [0.15, 0.2) is 10.6 Å². The summed E-state index contributed by atoms with van der Waals surface area (Å²) in [6.45, 7) is 2.61. The van der Waals surface area contributed by atoms with E-state index < -0.39 is 5.54 Å². The Bertz CT molecular complexity index is 680. The van der Waals surface area contributed by atoms with Crippen LogP contribution in [0.2, 0.25) is 0 Å². The molecule has 5 nitrogen and oxygen atoms in total. The Labute approximate surface area is 131 Å². The van der Waals surface area contributed by atoms with E-state index in [9.17, 15) is 0 Å². The highest BCUT2D eigenvalue weighted by Crippen LogP contribution is 2.38. The number of furan rings is 1. The van der Waals surface area contributed by atoms with Gasteiger partial charge in [0, 0.05) is 5.69 Å². The van der Waals surface area contributed by atoms with E-state index in [1.54, 1.807) is 7.11 Å². The number of aliphatic imine (C=N–C) groups is 1. The molecule has 1 aromatic carbocycles. The maximum absolute atomic E-state index is 6.09. The zero-order chi connectivity index (χ0) is 15.0. The summed E-state index contributed by atoms with van der Waals surface area (Å²) in [6.07, 6.45) is 0. The molecular weight excluding hydrogens is 334 g/mol. The fourth-order valence-corrected chi connectivity index (χ4v) is 2.88. The third kappa shape index (κ3) is 2.29. The van der Waals surface area contributed by atoms with Crippen LogP contribution < -0.4 is 15.4 Å². The van der Waals surface area contributed by atoms with Gasteiger partial charge in [-0.2, -0.15) is 0 Å². The minimum absolute atomic E-state index is 0.440. The number of halogens is 1. The van der Waals surface area contributed by atoms with E-state index in [1.165, 1.54) is 0 Å². The van der Waals surface area contributed by atoms with Gasteiger partial charge >= 0.3 is 0 Å². The van der Waals surface area contributed by atoms with Crippen molar-refractivity contribution in [1.29, 1.82) is 0 Å². The predicted molar refractivity (Wildman–Crippen MR) is 85.7 cm³/mol. The van der Waals surface area contributed by atoms with Gasteiger partial charge in [-0.3, -0.25) is 9.89 Å². The zero-order valence-corrected chi connectivity index (χ0v) is 13.4. The van der Waals surface area contributed by atoms with E-state index in [4.69, 9.17) is 14.9 Å². The molecule has 0 spiro atoms. The van der Waals surface area contributed by atoms with Gasteiger partial charge in [-0.05, 0) is 59.3 Å². The summed E-state index contributed by atoms with van der Waals surface area (Å²) in [6, 6.07) is 11.5. The molecule has 2 heterocycles. The molecule has 1 aromatic heterocycles. The van der Waals surface area contributed by atoms with Crippen molar-refractivity contribution in [2.75, 3.05) is 18.6 Å². The van der Waals surface area contributed by atoms with E-state index in [2.05, 4.69) is 27.8 Å². The van der Waals surface area contributed by atoms with Crippen LogP contribution in [0.1, 0.15) is 12.7 Å². The van der Waals surface area contributed by atoms with Crippen LogP contribution in [0, 0.1) is 0 Å². The number of benzene rings is 1. The summed E-state index contributed by atoms with van der Waals surface area (Å²) in [5.41, 5.74) is 6.60. The largest absolute Gasteiger partial charge is 0.497 e. The first-order valence-corrected chi connectivity index (χ1v) is 7.34. The number of nitrogens with zero attached hydrogens (tertiary/aromatic N) is 2. The van der Waals surface area contributed by atoms with Gasteiger partial charge in [0.25, 0.3) is 0 Å². The SMILES string of the molecule is COc1ccc(N2C(N)=NCC2(C)c2ccc(Br)o2)cc1. The number of hydrogen-bond donors (Lipinski definition) is 1. The predicted octanol–water partition coefficient (Wildman–Crippen LogP) is 3.10. The zero-order valence-electron chi connectivity index (χ0n) is 11.8. The van der Waals surface area contributed by atoms with Crippen molar-refractivity contribution in [3.63, 3.8) is 0 Å². The van der Waals surface area contributed by atoms with Gasteiger partial charge in [0.1, 0.15) is 17.0 Å². The lowest BCUT2D eigenvalue weighted by Gasteiger charge is -2.34. The molecule has 1 atom stereocenters. The molecule has 1 aliphatic heterocycles. The number of methoxy groups -OCH3 is 1. The van der Waals surface area contributed by atoms with Crippen LogP contribution in [-0.2, 0) is 5.54 Å². The van der Waals surface area contributed by atoms with Crippen LogP contribution >= 0.6 is 15.9 Å². The summed E-state index contributed by atoms with van der Waals surface area (Å²) >= 11 is 3.34. The summed E-state index contributed by atoms with van der Waals surface area (Å²) in [4.78, 5) is 6.37. The molecule has 0 saturated heterocycles. The monoisotopic (exact) mass is 349 g/mol. The molecule has 1 aliphatic rings. The fourth-order valence-electron chi connectivity index (χ4n) is 2.57. The van der Waals surface area contributed by atoms with Crippen molar-refractivity contribution >= 4 is 27.6 Å². The van der Waals surface area contributed by atoms with E-state index >= 15 is 0 Å². The highest BCUT2D eigenvalue weighted by atomic mass is 79.9. The van der Waals surface area contributed by atoms with Crippen molar-refractivity contribution in [2.24, 2.45) is 10.7 Å². The Morgan fingerprint density at radius 1 is 1.29 bits per heavy atom. The normalized spacial score (nSPS) is 21.5. The Kier molecular flexibility index (Phi) is 3.41. The molecular formula is C15H16BrN3O2. The lowest BCUT2D eigenvalue weighted by molar-refractivity contribution is 0.378. The van der Waals surface area contributed by atoms with E-state index in [0.717, 1.165) is 17.2 Å². The molecule has 0 amide bonds. The van der Waals surface area contributed by atoms with Crippen molar-refractivity contribution in [1.82, 2.24) is 0 Å². The standard InChI is InChI=1S/C15H16BrN3O2/c1-15(12-7-8-13(16)21-12)9-18-14(17)19(15)10-3-5-11(20-2)6-4-10/h3-8H,9H2,1-2H3,(H2,17,18). The summed E-state index contributed by atoms with van der Waals surface area (Å²) in [7, 11) is 1.64. The molecule has 0 saturated carbocycles. The first-order chi connectivity index (χ1) is 10.0. The highest BCUT2D eigenvalue weighted by molar-refractivity contribution is 9.10. The van der Waals surface area contributed by atoms with E-state index in [-0.39, 0.29) is 0 Å². The maximum atomic E-state index is 6.09. The van der Waals surface area contributed by atoms with Gasteiger partial charge in [-0.15, -0.1) is 0 Å². The topological polar surface area (TPSA) is 64.0 Å². The molecule has 21 heavy (non-hydrogen) atoms. The number of rotatable bonds is 3. The molecule has 0 radical (unpaired) electrons.